The Morgan fingerprint density at radius 1 is 0.172 bits per heavy atom. The minimum absolute atomic E-state index is 0.000530. The molecule has 0 unspecified atom stereocenters. The van der Waals surface area contributed by atoms with Crippen LogP contribution in [0.15, 0.2) is 297 Å². The normalized spacial score (nSPS) is 13.8. The van der Waals surface area contributed by atoms with Crippen molar-refractivity contribution < 1.29 is 0 Å². The Hall–Kier alpha value is -15.0. The molecule has 0 N–H and O–H groups in total. The minimum atomic E-state index is -0.310. The third-order valence-electron chi connectivity index (χ3n) is 31.7. The van der Waals surface area contributed by atoms with Gasteiger partial charge in [-0.1, -0.05) is 246 Å². The summed E-state index contributed by atoms with van der Waals surface area (Å²) in [5.41, 5.74) is 31.6. The summed E-state index contributed by atoms with van der Waals surface area (Å²) in [6, 6.07) is 118. The van der Waals surface area contributed by atoms with Gasteiger partial charge >= 0.3 is 0 Å². The molecule has 0 fully saturated rings. The van der Waals surface area contributed by atoms with Crippen LogP contribution in [0.5, 0.6) is 0 Å². The van der Waals surface area contributed by atoms with E-state index in [9.17, 15) is 0 Å². The number of aromatic nitrogens is 6. The molecule has 31 aromatic rings. The largest absolute Gasteiger partial charge is 0.308 e. The van der Waals surface area contributed by atoms with Gasteiger partial charge in [0.25, 0.3) is 0 Å². The van der Waals surface area contributed by atoms with Gasteiger partial charge in [0.1, 0.15) is 0 Å². The minimum Gasteiger partial charge on any atom is -0.308 e. The van der Waals surface area contributed by atoms with Crippen molar-refractivity contribution in [2.45, 2.75) is 104 Å². The standard InChI is InChI=1S/C122H84N6/c1-119(2,3)67-38-44-100-89(51-67)93-54-70(121(7,8)9)55-96-111-108(126(100)116(93)96)60-94-90-52-68(120(4,5)6)37-43-99(90)123-101-45-39-69(53-95(101)112(111)118(94)123)122(10,11)61-62-32-40-81-103(46-62)128-107-59-86-64(34-33-63-47-87-77-25-16-23-75-72-21-13-15-30-98(72)125(113(75)77)106(87)58-85(63)86)48-88(107)80-42-41-74(110(81)117(80)128)73-22-19-31-102-109(73)82-28-18-27-79-92-57-84-66(50-105(92)127(102)115(79)82)36-35-65-49-104-91(56-83(65)84)78-26-17-24-76-71-20-12-14-29-97(71)124(104)114(76)78/h12-60H,61H2,1-11H3. The van der Waals surface area contributed by atoms with Crippen LogP contribution in [0.3, 0.4) is 0 Å². The Labute approximate surface area is 733 Å². The summed E-state index contributed by atoms with van der Waals surface area (Å²) < 4.78 is 15.6. The second-order valence-electron chi connectivity index (χ2n) is 42.0. The monoisotopic (exact) mass is 1630 g/mol. The zero-order valence-electron chi connectivity index (χ0n) is 73.2. The molecule has 0 saturated carbocycles. The molecule has 0 aliphatic rings. The molecule has 0 aliphatic heterocycles. The van der Waals surface area contributed by atoms with Crippen LogP contribution in [-0.2, 0) is 28.1 Å². The second-order valence-corrected chi connectivity index (χ2v) is 42.0. The fourth-order valence-electron chi connectivity index (χ4n) is 25.7. The lowest BCUT2D eigenvalue weighted by Crippen LogP contribution is -2.20. The highest BCUT2D eigenvalue weighted by molar-refractivity contribution is 6.40. The van der Waals surface area contributed by atoms with E-state index in [-0.39, 0.29) is 21.7 Å². The molecule has 0 saturated heterocycles. The zero-order chi connectivity index (χ0) is 84.7. The quantitative estimate of drug-likeness (QED) is 0.157. The van der Waals surface area contributed by atoms with Gasteiger partial charge in [-0.05, 0) is 238 Å². The van der Waals surface area contributed by atoms with Gasteiger partial charge in [-0.2, -0.15) is 0 Å². The van der Waals surface area contributed by atoms with Crippen molar-refractivity contribution in [2.24, 2.45) is 0 Å². The predicted octanol–water partition coefficient (Wildman–Crippen LogP) is 33.3. The van der Waals surface area contributed by atoms with Crippen molar-refractivity contribution in [1.82, 2.24) is 26.4 Å². The summed E-state index contributed by atoms with van der Waals surface area (Å²) in [6.45, 7) is 26.3. The van der Waals surface area contributed by atoms with Gasteiger partial charge < -0.3 is 26.4 Å². The number of benzene rings is 19. The van der Waals surface area contributed by atoms with Crippen molar-refractivity contribution in [3.8, 4) is 11.1 Å². The molecule has 0 aliphatic carbocycles. The number of hydrogen-bond donors (Lipinski definition) is 0. The molecule has 6 heteroatoms. The molecule has 0 radical (unpaired) electrons. The van der Waals surface area contributed by atoms with Gasteiger partial charge in [-0.3, -0.25) is 0 Å². The topological polar surface area (TPSA) is 26.5 Å². The Morgan fingerprint density at radius 3 is 1.12 bits per heavy atom. The average Bonchev–Trinajstić information content (AvgIpc) is 1.49. The predicted molar refractivity (Wildman–Crippen MR) is 549 cm³/mol. The highest BCUT2D eigenvalue weighted by Crippen LogP contribution is 2.56. The Kier molecular flexibility index (Phi) is 12.2. The van der Waals surface area contributed by atoms with E-state index in [1.807, 2.05) is 0 Å². The third kappa shape index (κ3) is 8.27. The van der Waals surface area contributed by atoms with Crippen LogP contribution in [0.1, 0.15) is 104 Å². The first-order valence-electron chi connectivity index (χ1n) is 45.9. The molecule has 12 heterocycles. The Morgan fingerprint density at radius 2 is 0.531 bits per heavy atom. The van der Waals surface area contributed by atoms with Crippen LogP contribution in [0, 0.1) is 0 Å². The summed E-state index contributed by atoms with van der Waals surface area (Å²) in [4.78, 5) is 0. The van der Waals surface area contributed by atoms with E-state index in [1.165, 1.54) is 311 Å². The lowest BCUT2D eigenvalue weighted by Gasteiger charge is -2.26. The summed E-state index contributed by atoms with van der Waals surface area (Å²) in [7, 11) is 0. The fourth-order valence-corrected chi connectivity index (χ4v) is 25.7. The maximum absolute atomic E-state index is 2.69. The highest BCUT2D eigenvalue weighted by Gasteiger charge is 2.34. The van der Waals surface area contributed by atoms with Crippen LogP contribution in [0.4, 0.5) is 0 Å². The maximum atomic E-state index is 2.69. The molecule has 6 nitrogen and oxygen atoms in total. The van der Waals surface area contributed by atoms with Gasteiger partial charge in [0.15, 0.2) is 0 Å². The molecule has 31 rings (SSSR count). The molecule has 128 heavy (non-hydrogen) atoms. The third-order valence-corrected chi connectivity index (χ3v) is 31.7. The van der Waals surface area contributed by atoms with Gasteiger partial charge in [-0.25, -0.2) is 0 Å². The van der Waals surface area contributed by atoms with Crippen LogP contribution in [-0.4, -0.2) is 26.4 Å². The summed E-state index contributed by atoms with van der Waals surface area (Å²) in [6.07, 6.45) is 0.821. The maximum Gasteiger partial charge on any atom is 0.0628 e. The molecule has 19 aromatic carbocycles. The summed E-state index contributed by atoms with van der Waals surface area (Å²) >= 11 is 0. The van der Waals surface area contributed by atoms with Crippen LogP contribution >= 0.6 is 0 Å². The van der Waals surface area contributed by atoms with E-state index in [0.717, 1.165) is 6.42 Å². The molecule has 0 bridgehead atoms. The SMILES string of the molecule is CC(C)(C)c1ccc2c(c1)c1cc(C(C)(C)C)cc3c4c5c6cc(C(C)(C)Cc7ccc8c9c(-c%10cccc%11c%10c%10cccc%12c%13cc%14c(ccc%15cc%16c(cc%15%14)c%14cccc%15c%17ccccc%17n%16c%15%14)cc%13n%11c%12%10)ccc%10c%11cc%12ccc%13cc%14c%15cccc%16c%17ccccc%17n(c%14cc%13c%12cc%11n(c8c7)c%109)c%16%15)ccc6n6c7ccc(C(C)(C)C)cc7c(cc4n2c13)c56. The first-order valence-corrected chi connectivity index (χ1v) is 45.9. The van der Waals surface area contributed by atoms with Crippen LogP contribution in [0.25, 0.3) is 283 Å². The lowest BCUT2D eigenvalue weighted by molar-refractivity contribution is 0.523. The van der Waals surface area contributed by atoms with Crippen molar-refractivity contribution in [3.05, 3.63) is 325 Å². The number of hydrogen-bond acceptors (Lipinski definition) is 0. The van der Waals surface area contributed by atoms with E-state index in [1.54, 1.807) is 0 Å². The van der Waals surface area contributed by atoms with Crippen LogP contribution in [0.2, 0.25) is 0 Å². The number of rotatable bonds is 4. The van der Waals surface area contributed by atoms with Crippen molar-refractivity contribution in [3.63, 3.8) is 0 Å². The average molecular weight is 1630 g/mol. The van der Waals surface area contributed by atoms with Crippen LogP contribution < -0.4 is 0 Å². The molecule has 0 atom stereocenters. The zero-order valence-corrected chi connectivity index (χ0v) is 73.2. The molecular weight excluding hydrogens is 1550 g/mol. The molecule has 602 valence electrons. The van der Waals surface area contributed by atoms with E-state index in [0.29, 0.717) is 0 Å². The lowest BCUT2D eigenvalue weighted by atomic mass is 9.78. The second kappa shape index (κ2) is 22.4. The van der Waals surface area contributed by atoms with E-state index in [2.05, 4.69) is 400 Å². The first kappa shape index (κ1) is 69.3. The Bertz CT molecular complexity index is 10600. The van der Waals surface area contributed by atoms with Gasteiger partial charge in [-0.15, -0.1) is 0 Å². The van der Waals surface area contributed by atoms with E-state index in [4.69, 9.17) is 0 Å². The number of nitrogens with zero attached hydrogens (tertiary/aromatic N) is 6. The number of fused-ring (bicyclic) bond motifs is 43. The van der Waals surface area contributed by atoms with E-state index < -0.39 is 0 Å². The fraction of sp³-hybridized carbons (Fsp3) is 0.131. The van der Waals surface area contributed by atoms with Gasteiger partial charge in [0.05, 0.1) is 99.3 Å². The van der Waals surface area contributed by atoms with Crippen molar-refractivity contribution in [1.29, 1.82) is 0 Å². The molecule has 0 spiro atoms. The van der Waals surface area contributed by atoms with E-state index >= 15 is 0 Å². The van der Waals surface area contributed by atoms with Crippen molar-refractivity contribution in [2.75, 3.05) is 0 Å². The van der Waals surface area contributed by atoms with Crippen molar-refractivity contribution >= 4 is 272 Å². The van der Waals surface area contributed by atoms with Gasteiger partial charge in [0.2, 0.25) is 0 Å². The summed E-state index contributed by atoms with van der Waals surface area (Å²) in [5.74, 6) is 0. The highest BCUT2D eigenvalue weighted by atomic mass is 15.0. The molecular formula is C122H84N6. The van der Waals surface area contributed by atoms with Gasteiger partial charge in [0, 0.05) is 129 Å². The first-order chi connectivity index (χ1) is 62.1. The number of para-hydroxylation sites is 5. The molecule has 0 amide bonds. The summed E-state index contributed by atoms with van der Waals surface area (Å²) in [5, 5.41) is 41.4. The molecule has 12 aromatic heterocycles. The smallest absolute Gasteiger partial charge is 0.0628 e. The Balaban J connectivity index is 0.622.